The van der Waals surface area contributed by atoms with Crippen LogP contribution in [0.1, 0.15) is 11.1 Å². The van der Waals surface area contributed by atoms with Crippen LogP contribution >= 0.6 is 0 Å². The Morgan fingerprint density at radius 2 is 2.31 bits per heavy atom. The molecule has 16 heavy (non-hydrogen) atoms. The molecule has 2 aromatic rings. The van der Waals surface area contributed by atoms with Gasteiger partial charge >= 0.3 is 5.97 Å². The molecule has 0 atom stereocenters. The lowest BCUT2D eigenvalue weighted by Crippen LogP contribution is -2.03. The van der Waals surface area contributed by atoms with Crippen LogP contribution in [0.4, 0.5) is 0 Å². The molecule has 1 heterocycles. The Balaban J connectivity index is 2.33. The van der Waals surface area contributed by atoms with Gasteiger partial charge in [-0.2, -0.15) is 0 Å². The summed E-state index contributed by atoms with van der Waals surface area (Å²) in [5.41, 5.74) is 2.52. The van der Waals surface area contributed by atoms with E-state index in [0.717, 1.165) is 16.8 Å². The number of benzene rings is 1. The van der Waals surface area contributed by atoms with Crippen molar-refractivity contribution in [3.05, 3.63) is 35.7 Å². The van der Waals surface area contributed by atoms with E-state index >= 15 is 0 Å². The summed E-state index contributed by atoms with van der Waals surface area (Å²) in [4.78, 5) is 10.6. The van der Waals surface area contributed by atoms with Gasteiger partial charge in [-0.25, -0.2) is 4.68 Å². The standard InChI is InChI=1S/C10H10N4O2/c1-7-4-9(14-6-11-12-13-14)3-2-8(7)5-10(15)16/h2-4,6H,5H2,1H3,(H,15,16). The second kappa shape index (κ2) is 4.09. The second-order valence-electron chi connectivity index (χ2n) is 3.44. The number of hydrogen-bond acceptors (Lipinski definition) is 4. The zero-order valence-corrected chi connectivity index (χ0v) is 8.66. The lowest BCUT2D eigenvalue weighted by Gasteiger charge is -2.05. The highest BCUT2D eigenvalue weighted by molar-refractivity contribution is 5.70. The van der Waals surface area contributed by atoms with Crippen LogP contribution in [0.5, 0.6) is 0 Å². The van der Waals surface area contributed by atoms with Gasteiger partial charge in [0.05, 0.1) is 12.1 Å². The highest BCUT2D eigenvalue weighted by atomic mass is 16.4. The number of aromatic nitrogens is 4. The number of hydrogen-bond donors (Lipinski definition) is 1. The van der Waals surface area contributed by atoms with E-state index in [2.05, 4.69) is 15.5 Å². The number of nitrogens with zero attached hydrogens (tertiary/aromatic N) is 4. The Bertz CT molecular complexity index is 508. The average molecular weight is 218 g/mol. The molecule has 0 aliphatic carbocycles. The third kappa shape index (κ3) is 2.05. The number of aliphatic carboxylic acids is 1. The second-order valence-corrected chi connectivity index (χ2v) is 3.44. The maximum atomic E-state index is 10.6. The quantitative estimate of drug-likeness (QED) is 0.815. The fourth-order valence-electron chi connectivity index (χ4n) is 1.46. The van der Waals surface area contributed by atoms with Crippen LogP contribution < -0.4 is 0 Å². The molecule has 0 fully saturated rings. The highest BCUT2D eigenvalue weighted by Gasteiger charge is 2.06. The summed E-state index contributed by atoms with van der Waals surface area (Å²) in [6, 6.07) is 5.43. The first-order chi connectivity index (χ1) is 7.66. The molecule has 0 saturated heterocycles. The molecule has 1 N–H and O–H groups in total. The van der Waals surface area contributed by atoms with E-state index in [0.29, 0.717) is 0 Å². The van der Waals surface area contributed by atoms with Crippen LogP contribution in [-0.4, -0.2) is 31.3 Å². The maximum absolute atomic E-state index is 10.6. The summed E-state index contributed by atoms with van der Waals surface area (Å²) in [7, 11) is 0. The molecule has 6 heteroatoms. The van der Waals surface area contributed by atoms with Gasteiger partial charge in [-0.15, -0.1) is 5.10 Å². The molecule has 0 aliphatic heterocycles. The first kappa shape index (κ1) is 10.3. The van der Waals surface area contributed by atoms with Crippen molar-refractivity contribution in [1.82, 2.24) is 20.2 Å². The molecule has 6 nitrogen and oxygen atoms in total. The number of tetrazole rings is 1. The summed E-state index contributed by atoms with van der Waals surface area (Å²) >= 11 is 0. The first-order valence-electron chi connectivity index (χ1n) is 4.71. The maximum Gasteiger partial charge on any atom is 0.307 e. The number of carboxylic acid groups (broad SMARTS) is 1. The Morgan fingerprint density at radius 1 is 1.50 bits per heavy atom. The molecule has 0 amide bonds. The van der Waals surface area contributed by atoms with Gasteiger partial charge in [0, 0.05) is 0 Å². The van der Waals surface area contributed by atoms with Gasteiger partial charge in [-0.05, 0) is 40.6 Å². The molecular weight excluding hydrogens is 208 g/mol. The molecular formula is C10H10N4O2. The highest BCUT2D eigenvalue weighted by Crippen LogP contribution is 2.14. The average Bonchev–Trinajstić information content (AvgIpc) is 2.73. The molecule has 0 unspecified atom stereocenters. The fraction of sp³-hybridized carbons (Fsp3) is 0.200. The summed E-state index contributed by atoms with van der Waals surface area (Å²) in [6.45, 7) is 1.87. The third-order valence-electron chi connectivity index (χ3n) is 2.28. The van der Waals surface area contributed by atoms with Crippen molar-refractivity contribution in [2.45, 2.75) is 13.3 Å². The van der Waals surface area contributed by atoms with Crippen molar-refractivity contribution in [1.29, 1.82) is 0 Å². The monoisotopic (exact) mass is 218 g/mol. The van der Waals surface area contributed by atoms with Crippen LogP contribution in [0.2, 0.25) is 0 Å². The van der Waals surface area contributed by atoms with E-state index in [9.17, 15) is 4.79 Å². The van der Waals surface area contributed by atoms with Gasteiger partial charge in [0.1, 0.15) is 6.33 Å². The minimum atomic E-state index is -0.835. The third-order valence-corrected chi connectivity index (χ3v) is 2.28. The van der Waals surface area contributed by atoms with Crippen LogP contribution in [0.15, 0.2) is 24.5 Å². The van der Waals surface area contributed by atoms with Crippen LogP contribution in [-0.2, 0) is 11.2 Å². The van der Waals surface area contributed by atoms with E-state index < -0.39 is 5.97 Å². The molecule has 2 rings (SSSR count). The van der Waals surface area contributed by atoms with Crippen LogP contribution in [0.3, 0.4) is 0 Å². The molecule has 0 saturated carbocycles. The lowest BCUT2D eigenvalue weighted by molar-refractivity contribution is -0.136. The Hall–Kier alpha value is -2.24. The van der Waals surface area contributed by atoms with Crippen LogP contribution in [0, 0.1) is 6.92 Å². The van der Waals surface area contributed by atoms with E-state index in [-0.39, 0.29) is 6.42 Å². The summed E-state index contributed by atoms with van der Waals surface area (Å²) in [5.74, 6) is -0.835. The van der Waals surface area contributed by atoms with Crippen molar-refractivity contribution in [2.24, 2.45) is 0 Å². The van der Waals surface area contributed by atoms with Crippen LogP contribution in [0.25, 0.3) is 5.69 Å². The van der Waals surface area contributed by atoms with Crippen molar-refractivity contribution < 1.29 is 9.90 Å². The predicted molar refractivity (Wildman–Crippen MR) is 55.2 cm³/mol. The Morgan fingerprint density at radius 3 is 2.88 bits per heavy atom. The zero-order valence-electron chi connectivity index (χ0n) is 8.66. The molecule has 1 aromatic carbocycles. The topological polar surface area (TPSA) is 80.9 Å². The summed E-state index contributed by atoms with van der Waals surface area (Å²) in [6.07, 6.45) is 1.52. The molecule has 0 spiro atoms. The first-order valence-corrected chi connectivity index (χ1v) is 4.71. The SMILES string of the molecule is Cc1cc(-n2cnnn2)ccc1CC(=O)O. The molecule has 0 bridgehead atoms. The van der Waals surface area contributed by atoms with E-state index in [4.69, 9.17) is 5.11 Å². The van der Waals surface area contributed by atoms with E-state index in [1.807, 2.05) is 13.0 Å². The van der Waals surface area contributed by atoms with Gasteiger partial charge in [-0.3, -0.25) is 4.79 Å². The minimum Gasteiger partial charge on any atom is -0.481 e. The van der Waals surface area contributed by atoms with Gasteiger partial charge in [0.15, 0.2) is 0 Å². The largest absolute Gasteiger partial charge is 0.481 e. The predicted octanol–water partition coefficient (Wildman–Crippen LogP) is 0.598. The molecule has 0 radical (unpaired) electrons. The smallest absolute Gasteiger partial charge is 0.307 e. The van der Waals surface area contributed by atoms with Crippen molar-refractivity contribution >= 4 is 5.97 Å². The Kier molecular flexibility index (Phi) is 2.63. The van der Waals surface area contributed by atoms with E-state index in [1.54, 1.807) is 12.1 Å². The number of aryl methyl sites for hydroxylation is 1. The fourth-order valence-corrected chi connectivity index (χ4v) is 1.46. The number of carbonyl (C=O) groups is 1. The van der Waals surface area contributed by atoms with Crippen molar-refractivity contribution in [3.8, 4) is 5.69 Å². The molecule has 1 aromatic heterocycles. The van der Waals surface area contributed by atoms with Gasteiger partial charge in [-0.1, -0.05) is 6.07 Å². The molecule has 82 valence electrons. The minimum absolute atomic E-state index is 0.0295. The van der Waals surface area contributed by atoms with Crippen molar-refractivity contribution in [3.63, 3.8) is 0 Å². The number of carboxylic acids is 1. The lowest BCUT2D eigenvalue weighted by atomic mass is 10.1. The van der Waals surface area contributed by atoms with Gasteiger partial charge < -0.3 is 5.11 Å². The zero-order chi connectivity index (χ0) is 11.5. The van der Waals surface area contributed by atoms with Gasteiger partial charge in [0.2, 0.25) is 0 Å². The van der Waals surface area contributed by atoms with Crippen molar-refractivity contribution in [2.75, 3.05) is 0 Å². The molecule has 0 aliphatic rings. The Labute approximate surface area is 91.5 Å². The van der Waals surface area contributed by atoms with E-state index in [1.165, 1.54) is 11.0 Å². The summed E-state index contributed by atoms with van der Waals surface area (Å²) in [5, 5.41) is 19.5. The number of rotatable bonds is 3. The summed E-state index contributed by atoms with van der Waals surface area (Å²) < 4.78 is 1.53. The normalized spacial score (nSPS) is 10.3. The van der Waals surface area contributed by atoms with Gasteiger partial charge in [0.25, 0.3) is 0 Å².